The van der Waals surface area contributed by atoms with Crippen LogP contribution in [0.3, 0.4) is 0 Å². The normalized spacial score (nSPS) is 11.4. The SMILES string of the molecule is COCCN(CC(F)F)C(=O)c1cc(-c2ccccc2)nc2c1cnn2Cc1ccco1. The third-order valence-electron chi connectivity index (χ3n) is 5.01. The number of alkyl halides is 2. The molecule has 0 bridgehead atoms. The van der Waals surface area contributed by atoms with Crippen molar-refractivity contribution in [3.05, 3.63) is 72.3 Å². The van der Waals surface area contributed by atoms with Gasteiger partial charge in [0, 0.05) is 19.2 Å². The van der Waals surface area contributed by atoms with Crippen LogP contribution in [-0.4, -0.2) is 58.8 Å². The number of rotatable bonds is 9. The fourth-order valence-electron chi connectivity index (χ4n) is 3.46. The summed E-state index contributed by atoms with van der Waals surface area (Å²) in [5.41, 5.74) is 2.07. The van der Waals surface area contributed by atoms with E-state index in [-0.39, 0.29) is 18.7 Å². The second kappa shape index (κ2) is 9.69. The lowest BCUT2D eigenvalue weighted by Crippen LogP contribution is -2.37. The van der Waals surface area contributed by atoms with Gasteiger partial charge in [0.25, 0.3) is 12.3 Å². The van der Waals surface area contributed by atoms with Crippen molar-refractivity contribution in [3.63, 3.8) is 0 Å². The van der Waals surface area contributed by atoms with Crippen LogP contribution in [0.5, 0.6) is 0 Å². The number of methoxy groups -OCH3 is 1. The number of carbonyl (C=O) groups excluding carboxylic acids is 1. The predicted molar refractivity (Wildman–Crippen MR) is 115 cm³/mol. The molecule has 0 aliphatic heterocycles. The van der Waals surface area contributed by atoms with E-state index >= 15 is 0 Å². The fourth-order valence-corrected chi connectivity index (χ4v) is 3.46. The van der Waals surface area contributed by atoms with E-state index in [0.717, 1.165) is 10.5 Å². The molecule has 32 heavy (non-hydrogen) atoms. The molecule has 1 aromatic carbocycles. The third kappa shape index (κ3) is 4.67. The summed E-state index contributed by atoms with van der Waals surface area (Å²) >= 11 is 0. The van der Waals surface area contributed by atoms with Crippen molar-refractivity contribution in [2.45, 2.75) is 13.0 Å². The molecular formula is C23H22F2N4O3. The third-order valence-corrected chi connectivity index (χ3v) is 5.01. The maximum atomic E-state index is 13.4. The number of hydrogen-bond donors (Lipinski definition) is 0. The predicted octanol–water partition coefficient (Wildman–Crippen LogP) is 4.09. The van der Waals surface area contributed by atoms with E-state index in [4.69, 9.17) is 14.1 Å². The largest absolute Gasteiger partial charge is 0.467 e. The Morgan fingerprint density at radius 3 is 2.72 bits per heavy atom. The van der Waals surface area contributed by atoms with Crippen molar-refractivity contribution in [2.24, 2.45) is 0 Å². The molecule has 0 unspecified atom stereocenters. The van der Waals surface area contributed by atoms with Crippen molar-refractivity contribution in [1.29, 1.82) is 0 Å². The molecule has 0 saturated carbocycles. The number of aromatic nitrogens is 3. The summed E-state index contributed by atoms with van der Waals surface area (Å²) in [5.74, 6) is 0.152. The van der Waals surface area contributed by atoms with Crippen LogP contribution in [0.15, 0.2) is 65.4 Å². The molecule has 4 rings (SSSR count). The van der Waals surface area contributed by atoms with Gasteiger partial charge in [-0.1, -0.05) is 30.3 Å². The van der Waals surface area contributed by atoms with Crippen LogP contribution < -0.4 is 0 Å². The number of benzene rings is 1. The maximum Gasteiger partial charge on any atom is 0.255 e. The lowest BCUT2D eigenvalue weighted by molar-refractivity contribution is 0.0479. The van der Waals surface area contributed by atoms with E-state index in [1.54, 1.807) is 23.1 Å². The number of hydrogen-bond acceptors (Lipinski definition) is 5. The topological polar surface area (TPSA) is 73.4 Å². The Morgan fingerprint density at radius 2 is 2.03 bits per heavy atom. The number of halogens is 2. The summed E-state index contributed by atoms with van der Waals surface area (Å²) in [5, 5.41) is 4.87. The highest BCUT2D eigenvalue weighted by atomic mass is 19.3. The molecule has 0 fully saturated rings. The molecule has 0 aliphatic rings. The van der Waals surface area contributed by atoms with Crippen molar-refractivity contribution >= 4 is 16.9 Å². The molecule has 0 atom stereocenters. The van der Waals surface area contributed by atoms with Crippen LogP contribution in [0.4, 0.5) is 8.78 Å². The van der Waals surface area contributed by atoms with E-state index in [1.807, 2.05) is 36.4 Å². The van der Waals surface area contributed by atoms with Gasteiger partial charge in [-0.25, -0.2) is 18.4 Å². The Bertz CT molecular complexity index is 1180. The maximum absolute atomic E-state index is 13.4. The van der Waals surface area contributed by atoms with Gasteiger partial charge in [-0.3, -0.25) is 4.79 Å². The van der Waals surface area contributed by atoms with Crippen molar-refractivity contribution < 1.29 is 22.7 Å². The minimum Gasteiger partial charge on any atom is -0.467 e. The number of pyridine rings is 1. The van der Waals surface area contributed by atoms with Crippen LogP contribution in [0.25, 0.3) is 22.3 Å². The highest BCUT2D eigenvalue weighted by molar-refractivity contribution is 6.06. The van der Waals surface area contributed by atoms with Crippen molar-refractivity contribution in [2.75, 3.05) is 26.8 Å². The van der Waals surface area contributed by atoms with E-state index in [2.05, 4.69) is 5.10 Å². The molecule has 166 valence electrons. The summed E-state index contributed by atoms with van der Waals surface area (Å²) in [6.07, 6.45) is 0.435. The van der Waals surface area contributed by atoms with E-state index in [0.29, 0.717) is 29.0 Å². The highest BCUT2D eigenvalue weighted by Gasteiger charge is 2.24. The van der Waals surface area contributed by atoms with Gasteiger partial charge in [0.15, 0.2) is 5.65 Å². The van der Waals surface area contributed by atoms with E-state index in [9.17, 15) is 13.6 Å². The average Bonchev–Trinajstić information content (AvgIpc) is 3.46. The summed E-state index contributed by atoms with van der Waals surface area (Å²) in [6, 6.07) is 14.6. The van der Waals surface area contributed by atoms with Gasteiger partial charge < -0.3 is 14.1 Å². The highest BCUT2D eigenvalue weighted by Crippen LogP contribution is 2.26. The van der Waals surface area contributed by atoms with Gasteiger partial charge in [-0.15, -0.1) is 0 Å². The first-order chi connectivity index (χ1) is 15.6. The monoisotopic (exact) mass is 440 g/mol. The number of furan rings is 1. The smallest absolute Gasteiger partial charge is 0.255 e. The Kier molecular flexibility index (Phi) is 6.55. The number of nitrogens with zero attached hydrogens (tertiary/aromatic N) is 4. The second-order valence-electron chi connectivity index (χ2n) is 7.17. The van der Waals surface area contributed by atoms with Crippen LogP contribution >= 0.6 is 0 Å². The minimum atomic E-state index is -2.66. The van der Waals surface area contributed by atoms with Gasteiger partial charge >= 0.3 is 0 Å². The quantitative estimate of drug-likeness (QED) is 0.392. The Balaban J connectivity index is 1.82. The first kappa shape index (κ1) is 21.6. The molecule has 0 N–H and O–H groups in total. The summed E-state index contributed by atoms with van der Waals surface area (Å²) in [6.45, 7) is -0.173. The molecule has 0 saturated heterocycles. The molecule has 4 aromatic rings. The van der Waals surface area contributed by atoms with Crippen LogP contribution in [0.1, 0.15) is 16.1 Å². The van der Waals surface area contributed by atoms with Crippen molar-refractivity contribution in [3.8, 4) is 11.3 Å². The van der Waals surface area contributed by atoms with Gasteiger partial charge in [0.05, 0.1) is 42.3 Å². The van der Waals surface area contributed by atoms with Gasteiger partial charge in [-0.2, -0.15) is 5.10 Å². The number of amides is 1. The Morgan fingerprint density at radius 1 is 1.22 bits per heavy atom. The first-order valence-corrected chi connectivity index (χ1v) is 10.1. The summed E-state index contributed by atoms with van der Waals surface area (Å²) in [7, 11) is 1.46. The molecule has 0 spiro atoms. The van der Waals surface area contributed by atoms with Crippen LogP contribution in [0, 0.1) is 0 Å². The zero-order chi connectivity index (χ0) is 22.5. The number of carbonyl (C=O) groups is 1. The fraction of sp³-hybridized carbons (Fsp3) is 0.261. The zero-order valence-corrected chi connectivity index (χ0v) is 17.4. The van der Waals surface area contributed by atoms with E-state index < -0.39 is 18.9 Å². The summed E-state index contributed by atoms with van der Waals surface area (Å²) in [4.78, 5) is 19.2. The summed E-state index contributed by atoms with van der Waals surface area (Å²) < 4.78 is 38.4. The molecule has 1 amide bonds. The minimum absolute atomic E-state index is 0.0463. The Hall–Kier alpha value is -3.59. The van der Waals surface area contributed by atoms with Crippen LogP contribution in [0.2, 0.25) is 0 Å². The molecule has 3 aromatic heterocycles. The second-order valence-corrected chi connectivity index (χ2v) is 7.17. The zero-order valence-electron chi connectivity index (χ0n) is 17.4. The molecule has 3 heterocycles. The molecule has 7 nitrogen and oxygen atoms in total. The lowest BCUT2D eigenvalue weighted by atomic mass is 10.1. The van der Waals surface area contributed by atoms with Gasteiger partial charge in [-0.05, 0) is 18.2 Å². The number of ether oxygens (including phenoxy) is 1. The van der Waals surface area contributed by atoms with Crippen LogP contribution in [-0.2, 0) is 11.3 Å². The lowest BCUT2D eigenvalue weighted by Gasteiger charge is -2.22. The van der Waals surface area contributed by atoms with Crippen molar-refractivity contribution in [1.82, 2.24) is 19.7 Å². The van der Waals surface area contributed by atoms with Gasteiger partial charge in [0.2, 0.25) is 0 Å². The molecule has 0 aliphatic carbocycles. The molecule has 9 heteroatoms. The number of fused-ring (bicyclic) bond motifs is 1. The molecule has 0 radical (unpaired) electrons. The van der Waals surface area contributed by atoms with Gasteiger partial charge in [0.1, 0.15) is 12.3 Å². The Labute approximate surface area is 183 Å². The standard InChI is InChI=1S/C23H22F2N4O3/c1-31-11-9-28(15-21(24)25)23(30)18-12-20(16-6-3-2-4-7-16)27-22-19(18)13-26-29(22)14-17-8-5-10-32-17/h2-8,10,12-13,21H,9,11,14-15H2,1H3. The average molecular weight is 440 g/mol. The molecular weight excluding hydrogens is 418 g/mol. The first-order valence-electron chi connectivity index (χ1n) is 10.1. The van der Waals surface area contributed by atoms with E-state index in [1.165, 1.54) is 13.3 Å².